The summed E-state index contributed by atoms with van der Waals surface area (Å²) in [6.07, 6.45) is 0. The predicted octanol–water partition coefficient (Wildman–Crippen LogP) is 3.75. The van der Waals surface area contributed by atoms with Gasteiger partial charge < -0.3 is 10.2 Å². The largest absolute Gasteiger partial charge is 0.347 e. The summed E-state index contributed by atoms with van der Waals surface area (Å²) in [4.78, 5) is 14.0. The topological polar surface area (TPSA) is 53.9 Å². The number of hydrogen-bond acceptors (Lipinski definition) is 5. The number of nitrogens with zero attached hydrogens (tertiary/aromatic N) is 4. The Morgan fingerprint density at radius 1 is 1.16 bits per heavy atom. The Morgan fingerprint density at radius 2 is 1.89 bits per heavy atom. The van der Waals surface area contributed by atoms with Gasteiger partial charge in [0.05, 0.1) is 5.02 Å². The molecule has 1 N–H and O–H groups in total. The van der Waals surface area contributed by atoms with E-state index in [1.54, 1.807) is 11.0 Å². The van der Waals surface area contributed by atoms with Crippen LogP contribution >= 0.6 is 39.1 Å². The maximum Gasteiger partial charge on any atom is 0.233 e. The average Bonchev–Trinajstić information content (AvgIpc) is 2.33. The Labute approximate surface area is 129 Å². The molecule has 0 spiro atoms. The van der Waals surface area contributed by atoms with Gasteiger partial charge in [0.2, 0.25) is 17.2 Å². The normalized spacial score (nSPS) is 10.4. The van der Waals surface area contributed by atoms with E-state index in [-0.39, 0.29) is 5.28 Å². The second-order valence-corrected chi connectivity index (χ2v) is 5.48. The van der Waals surface area contributed by atoms with Gasteiger partial charge in [0.25, 0.3) is 0 Å². The maximum atomic E-state index is 6.02. The van der Waals surface area contributed by atoms with E-state index in [2.05, 4.69) is 36.2 Å². The molecule has 0 fully saturated rings. The second-order valence-electron chi connectivity index (χ2n) is 3.88. The number of hydrogen-bond donors (Lipinski definition) is 1. The van der Waals surface area contributed by atoms with Crippen molar-refractivity contribution >= 4 is 56.7 Å². The first-order valence-electron chi connectivity index (χ1n) is 5.26. The van der Waals surface area contributed by atoms with Crippen LogP contribution in [-0.2, 0) is 0 Å². The number of halogens is 3. The van der Waals surface area contributed by atoms with E-state index in [1.807, 2.05) is 26.2 Å². The minimum atomic E-state index is 0.129. The molecule has 0 bridgehead atoms. The van der Waals surface area contributed by atoms with E-state index >= 15 is 0 Å². The van der Waals surface area contributed by atoms with Crippen LogP contribution in [0.2, 0.25) is 10.3 Å². The van der Waals surface area contributed by atoms with E-state index < -0.39 is 0 Å². The Bertz CT molecular complexity index is 606. The molecular weight excluding hydrogens is 353 g/mol. The highest BCUT2D eigenvalue weighted by Crippen LogP contribution is 2.27. The molecule has 0 aliphatic rings. The molecule has 2 rings (SSSR count). The number of aromatic nitrogens is 3. The van der Waals surface area contributed by atoms with Gasteiger partial charge in [0.1, 0.15) is 0 Å². The summed E-state index contributed by atoms with van der Waals surface area (Å²) in [5.41, 5.74) is 0.764. The standard InChI is InChI=1S/C11H10BrCl2N5/c1-19(2)11-17-9(14)16-10(18-11)15-6-3-4-7(12)8(13)5-6/h3-5H,1-2H3,(H,15,16,17,18). The predicted molar refractivity (Wildman–Crippen MR) is 81.6 cm³/mol. The molecule has 19 heavy (non-hydrogen) atoms. The molecule has 100 valence electrons. The van der Waals surface area contributed by atoms with Gasteiger partial charge in [-0.05, 0) is 45.7 Å². The van der Waals surface area contributed by atoms with E-state index in [1.165, 1.54) is 0 Å². The average molecular weight is 363 g/mol. The van der Waals surface area contributed by atoms with Gasteiger partial charge in [0.15, 0.2) is 0 Å². The molecule has 0 amide bonds. The Hall–Kier alpha value is -1.11. The summed E-state index contributed by atoms with van der Waals surface area (Å²) >= 11 is 15.2. The van der Waals surface area contributed by atoms with Crippen LogP contribution in [0.4, 0.5) is 17.6 Å². The Kier molecular flexibility index (Phi) is 4.44. The van der Waals surface area contributed by atoms with E-state index in [0.717, 1.165) is 10.2 Å². The summed E-state index contributed by atoms with van der Waals surface area (Å²) in [5, 5.41) is 3.75. The summed E-state index contributed by atoms with van der Waals surface area (Å²) in [5.74, 6) is 0.841. The SMILES string of the molecule is CN(C)c1nc(Cl)nc(Nc2ccc(Br)c(Cl)c2)n1. The lowest BCUT2D eigenvalue weighted by molar-refractivity contribution is 0.961. The van der Waals surface area contributed by atoms with Crippen LogP contribution in [0.5, 0.6) is 0 Å². The Balaban J connectivity index is 2.29. The van der Waals surface area contributed by atoms with Crippen LogP contribution < -0.4 is 10.2 Å². The number of benzene rings is 1. The fourth-order valence-electron chi connectivity index (χ4n) is 1.30. The number of rotatable bonds is 3. The van der Waals surface area contributed by atoms with Crippen LogP contribution in [0.1, 0.15) is 0 Å². The van der Waals surface area contributed by atoms with Crippen molar-refractivity contribution in [2.24, 2.45) is 0 Å². The summed E-state index contributed by atoms with van der Waals surface area (Å²) < 4.78 is 0.822. The molecule has 0 atom stereocenters. The molecule has 2 aromatic rings. The van der Waals surface area contributed by atoms with Crippen molar-refractivity contribution in [1.82, 2.24) is 15.0 Å². The van der Waals surface area contributed by atoms with Gasteiger partial charge in [-0.25, -0.2) is 0 Å². The van der Waals surface area contributed by atoms with Gasteiger partial charge in [0, 0.05) is 24.3 Å². The molecule has 1 heterocycles. The van der Waals surface area contributed by atoms with Gasteiger partial charge >= 0.3 is 0 Å². The van der Waals surface area contributed by atoms with Crippen molar-refractivity contribution in [3.8, 4) is 0 Å². The van der Waals surface area contributed by atoms with Gasteiger partial charge in [-0.15, -0.1) is 0 Å². The molecule has 5 nitrogen and oxygen atoms in total. The highest BCUT2D eigenvalue weighted by molar-refractivity contribution is 9.10. The molecule has 8 heteroatoms. The lowest BCUT2D eigenvalue weighted by atomic mass is 10.3. The van der Waals surface area contributed by atoms with E-state index in [0.29, 0.717) is 16.9 Å². The fraction of sp³-hybridized carbons (Fsp3) is 0.182. The third-order valence-electron chi connectivity index (χ3n) is 2.17. The zero-order chi connectivity index (χ0) is 14.0. The van der Waals surface area contributed by atoms with Crippen LogP contribution in [0.25, 0.3) is 0 Å². The molecule has 0 aliphatic heterocycles. The molecule has 0 unspecified atom stereocenters. The highest BCUT2D eigenvalue weighted by atomic mass is 79.9. The molecule has 0 radical (unpaired) electrons. The minimum absolute atomic E-state index is 0.129. The first kappa shape index (κ1) is 14.3. The highest BCUT2D eigenvalue weighted by Gasteiger charge is 2.07. The Morgan fingerprint density at radius 3 is 2.53 bits per heavy atom. The zero-order valence-electron chi connectivity index (χ0n) is 10.2. The van der Waals surface area contributed by atoms with Crippen molar-refractivity contribution in [2.75, 3.05) is 24.3 Å². The lowest BCUT2D eigenvalue weighted by Gasteiger charge is -2.12. The first-order valence-corrected chi connectivity index (χ1v) is 6.81. The van der Waals surface area contributed by atoms with Crippen LogP contribution in [0.15, 0.2) is 22.7 Å². The van der Waals surface area contributed by atoms with Crippen molar-refractivity contribution in [1.29, 1.82) is 0 Å². The van der Waals surface area contributed by atoms with Crippen molar-refractivity contribution in [3.63, 3.8) is 0 Å². The van der Waals surface area contributed by atoms with Gasteiger partial charge in [-0.1, -0.05) is 11.6 Å². The molecule has 1 aromatic heterocycles. The van der Waals surface area contributed by atoms with Crippen LogP contribution in [-0.4, -0.2) is 29.0 Å². The minimum Gasteiger partial charge on any atom is -0.347 e. The summed E-state index contributed by atoms with van der Waals surface area (Å²) in [7, 11) is 3.65. The molecule has 0 saturated carbocycles. The van der Waals surface area contributed by atoms with E-state index in [4.69, 9.17) is 23.2 Å². The third-order valence-corrected chi connectivity index (χ3v) is 3.57. The van der Waals surface area contributed by atoms with Crippen LogP contribution in [0.3, 0.4) is 0 Å². The smallest absolute Gasteiger partial charge is 0.233 e. The third kappa shape index (κ3) is 3.68. The number of nitrogens with one attached hydrogen (secondary N) is 1. The van der Waals surface area contributed by atoms with Crippen molar-refractivity contribution in [2.45, 2.75) is 0 Å². The number of anilines is 3. The first-order chi connectivity index (χ1) is 8.95. The second kappa shape index (κ2) is 5.90. The fourth-order valence-corrected chi connectivity index (χ4v) is 1.88. The van der Waals surface area contributed by atoms with E-state index in [9.17, 15) is 0 Å². The van der Waals surface area contributed by atoms with Crippen molar-refractivity contribution < 1.29 is 0 Å². The van der Waals surface area contributed by atoms with Gasteiger partial charge in [-0.3, -0.25) is 0 Å². The van der Waals surface area contributed by atoms with Gasteiger partial charge in [-0.2, -0.15) is 15.0 Å². The zero-order valence-corrected chi connectivity index (χ0v) is 13.3. The van der Waals surface area contributed by atoms with Crippen LogP contribution in [0, 0.1) is 0 Å². The molecule has 0 saturated heterocycles. The quantitative estimate of drug-likeness (QED) is 0.901. The monoisotopic (exact) mass is 361 g/mol. The molecule has 0 aliphatic carbocycles. The lowest BCUT2D eigenvalue weighted by Crippen LogP contribution is -2.14. The summed E-state index contributed by atoms with van der Waals surface area (Å²) in [6.45, 7) is 0. The van der Waals surface area contributed by atoms with Crippen molar-refractivity contribution in [3.05, 3.63) is 33.0 Å². The maximum absolute atomic E-state index is 6.02. The summed E-state index contributed by atoms with van der Waals surface area (Å²) in [6, 6.07) is 5.45. The molecule has 1 aromatic carbocycles. The molecular formula is C11H10BrCl2N5.